The molecule has 1 saturated heterocycles. The van der Waals surface area contributed by atoms with Crippen molar-refractivity contribution in [3.63, 3.8) is 0 Å². The number of carbonyl (C=O) groups is 2. The Morgan fingerprint density at radius 3 is 2.80 bits per heavy atom. The maximum Gasteiger partial charge on any atom is 0.317 e. The van der Waals surface area contributed by atoms with E-state index < -0.39 is 5.97 Å². The molecule has 0 saturated carbocycles. The van der Waals surface area contributed by atoms with Crippen molar-refractivity contribution in [3.8, 4) is 0 Å². The number of carboxylic acids is 1. The molecule has 0 bridgehead atoms. The fourth-order valence-electron chi connectivity index (χ4n) is 2.36. The first kappa shape index (κ1) is 14.5. The summed E-state index contributed by atoms with van der Waals surface area (Å²) in [5.41, 5.74) is 0.907. The first-order chi connectivity index (χ1) is 9.65. The number of carboxylic acid groups (broad SMARTS) is 1. The van der Waals surface area contributed by atoms with E-state index in [0.717, 1.165) is 18.5 Å². The molecular weight excluding hydrogens is 258 g/mol. The molecule has 0 atom stereocenters. The Morgan fingerprint density at radius 2 is 2.10 bits per heavy atom. The molecule has 1 aliphatic heterocycles. The van der Waals surface area contributed by atoms with Gasteiger partial charge in [-0.2, -0.15) is 0 Å². The highest BCUT2D eigenvalue weighted by Gasteiger charge is 2.20. The normalized spacial score (nSPS) is 16.7. The zero-order chi connectivity index (χ0) is 14.4. The standard InChI is InChI=1S/C14H19N3O3/c18-13(9-12-3-1-4-15-10-12)17-6-2-5-16(7-8-17)11-14(19)20/h1,3-4,10H,2,5-9,11H2,(H,19,20). The lowest BCUT2D eigenvalue weighted by atomic mass is 10.2. The molecule has 1 amide bonds. The summed E-state index contributed by atoms with van der Waals surface area (Å²) in [5.74, 6) is -0.740. The smallest absolute Gasteiger partial charge is 0.317 e. The van der Waals surface area contributed by atoms with Crippen LogP contribution < -0.4 is 0 Å². The molecule has 2 heterocycles. The molecule has 1 aromatic heterocycles. The topological polar surface area (TPSA) is 73.7 Å². The number of amides is 1. The van der Waals surface area contributed by atoms with Crippen LogP contribution in [0.2, 0.25) is 0 Å². The molecule has 0 radical (unpaired) electrons. The number of rotatable bonds is 4. The molecule has 6 heteroatoms. The van der Waals surface area contributed by atoms with Crippen LogP contribution >= 0.6 is 0 Å². The fourth-order valence-corrected chi connectivity index (χ4v) is 2.36. The summed E-state index contributed by atoms with van der Waals surface area (Å²) in [6.07, 6.45) is 4.55. The van der Waals surface area contributed by atoms with Crippen LogP contribution in [0.5, 0.6) is 0 Å². The van der Waals surface area contributed by atoms with Gasteiger partial charge < -0.3 is 10.0 Å². The summed E-state index contributed by atoms with van der Waals surface area (Å²) in [4.78, 5) is 30.6. The van der Waals surface area contributed by atoms with Crippen LogP contribution in [-0.2, 0) is 16.0 Å². The van der Waals surface area contributed by atoms with Gasteiger partial charge in [0.25, 0.3) is 0 Å². The summed E-state index contributed by atoms with van der Waals surface area (Å²) in [6.45, 7) is 2.67. The molecule has 1 aliphatic rings. The second-order valence-corrected chi connectivity index (χ2v) is 4.94. The van der Waals surface area contributed by atoms with E-state index in [2.05, 4.69) is 4.98 Å². The third-order valence-corrected chi connectivity index (χ3v) is 3.38. The van der Waals surface area contributed by atoms with Crippen molar-refractivity contribution >= 4 is 11.9 Å². The number of hydrogen-bond acceptors (Lipinski definition) is 4. The van der Waals surface area contributed by atoms with Crippen LogP contribution in [0.1, 0.15) is 12.0 Å². The Labute approximate surface area is 118 Å². The number of aliphatic carboxylic acids is 1. The van der Waals surface area contributed by atoms with Gasteiger partial charge in [0.05, 0.1) is 13.0 Å². The zero-order valence-corrected chi connectivity index (χ0v) is 11.4. The molecule has 108 valence electrons. The maximum absolute atomic E-state index is 12.2. The van der Waals surface area contributed by atoms with Crippen molar-refractivity contribution in [3.05, 3.63) is 30.1 Å². The zero-order valence-electron chi connectivity index (χ0n) is 11.4. The summed E-state index contributed by atoms with van der Waals surface area (Å²) < 4.78 is 0. The van der Waals surface area contributed by atoms with E-state index >= 15 is 0 Å². The largest absolute Gasteiger partial charge is 0.480 e. The minimum Gasteiger partial charge on any atom is -0.480 e. The van der Waals surface area contributed by atoms with Gasteiger partial charge >= 0.3 is 5.97 Å². The van der Waals surface area contributed by atoms with Crippen molar-refractivity contribution in [1.29, 1.82) is 0 Å². The third-order valence-electron chi connectivity index (χ3n) is 3.38. The lowest BCUT2D eigenvalue weighted by molar-refractivity contribution is -0.138. The molecule has 0 unspecified atom stereocenters. The summed E-state index contributed by atoms with van der Waals surface area (Å²) in [6, 6.07) is 3.71. The van der Waals surface area contributed by atoms with Gasteiger partial charge in [0.1, 0.15) is 0 Å². The quantitative estimate of drug-likeness (QED) is 0.853. The van der Waals surface area contributed by atoms with Gasteiger partial charge in [0.2, 0.25) is 5.91 Å². The SMILES string of the molecule is O=C(O)CN1CCCN(C(=O)Cc2cccnc2)CC1. The summed E-state index contributed by atoms with van der Waals surface area (Å²) in [7, 11) is 0. The van der Waals surface area contributed by atoms with Crippen molar-refractivity contribution in [2.24, 2.45) is 0 Å². The molecule has 20 heavy (non-hydrogen) atoms. The first-order valence-electron chi connectivity index (χ1n) is 6.76. The highest BCUT2D eigenvalue weighted by atomic mass is 16.4. The predicted molar refractivity (Wildman–Crippen MR) is 73.2 cm³/mol. The van der Waals surface area contributed by atoms with Gasteiger partial charge in [0, 0.05) is 38.6 Å². The van der Waals surface area contributed by atoms with Gasteiger partial charge in [0.15, 0.2) is 0 Å². The van der Waals surface area contributed by atoms with Gasteiger partial charge in [-0.15, -0.1) is 0 Å². The second-order valence-electron chi connectivity index (χ2n) is 4.94. The molecule has 6 nitrogen and oxygen atoms in total. The van der Waals surface area contributed by atoms with Gasteiger partial charge in [-0.3, -0.25) is 19.5 Å². The molecule has 0 aliphatic carbocycles. The van der Waals surface area contributed by atoms with E-state index in [-0.39, 0.29) is 12.5 Å². The predicted octanol–water partition coefficient (Wildman–Crippen LogP) is 0.243. The molecule has 1 aromatic rings. The number of carbonyl (C=O) groups excluding carboxylic acids is 1. The monoisotopic (exact) mass is 277 g/mol. The second kappa shape index (κ2) is 7.00. The van der Waals surface area contributed by atoms with Gasteiger partial charge in [-0.25, -0.2) is 0 Å². The number of nitrogens with zero attached hydrogens (tertiary/aromatic N) is 3. The molecule has 1 fully saturated rings. The van der Waals surface area contributed by atoms with E-state index in [1.165, 1.54) is 0 Å². The molecule has 1 N–H and O–H groups in total. The Morgan fingerprint density at radius 1 is 1.25 bits per heavy atom. The lowest BCUT2D eigenvalue weighted by Crippen LogP contribution is -2.37. The number of pyridine rings is 1. The summed E-state index contributed by atoms with van der Waals surface area (Å²) >= 11 is 0. The average molecular weight is 277 g/mol. The van der Waals surface area contributed by atoms with E-state index in [1.807, 2.05) is 21.9 Å². The van der Waals surface area contributed by atoms with Crippen LogP contribution in [0, 0.1) is 0 Å². The van der Waals surface area contributed by atoms with Crippen molar-refractivity contribution in [2.75, 3.05) is 32.7 Å². The Bertz CT molecular complexity index is 464. The average Bonchev–Trinajstić information content (AvgIpc) is 2.65. The molecule has 2 rings (SSSR count). The maximum atomic E-state index is 12.2. The summed E-state index contributed by atoms with van der Waals surface area (Å²) in [5, 5.41) is 8.80. The molecular formula is C14H19N3O3. The van der Waals surface area contributed by atoms with Crippen molar-refractivity contribution in [1.82, 2.24) is 14.8 Å². The van der Waals surface area contributed by atoms with E-state index in [1.54, 1.807) is 12.4 Å². The lowest BCUT2D eigenvalue weighted by Gasteiger charge is -2.21. The number of hydrogen-bond donors (Lipinski definition) is 1. The van der Waals surface area contributed by atoms with Gasteiger partial charge in [-0.1, -0.05) is 6.07 Å². The molecule has 0 aromatic carbocycles. The Hall–Kier alpha value is -1.95. The first-order valence-corrected chi connectivity index (χ1v) is 6.76. The number of aromatic nitrogens is 1. The minimum atomic E-state index is -0.819. The van der Waals surface area contributed by atoms with Crippen LogP contribution in [-0.4, -0.2) is 64.5 Å². The Kier molecular flexibility index (Phi) is 5.06. The van der Waals surface area contributed by atoms with Crippen molar-refractivity contribution < 1.29 is 14.7 Å². The van der Waals surface area contributed by atoms with Crippen LogP contribution in [0.3, 0.4) is 0 Å². The highest BCUT2D eigenvalue weighted by molar-refractivity contribution is 5.78. The molecule has 0 spiro atoms. The fraction of sp³-hybridized carbons (Fsp3) is 0.500. The van der Waals surface area contributed by atoms with Crippen LogP contribution in [0.4, 0.5) is 0 Å². The third kappa shape index (κ3) is 4.31. The van der Waals surface area contributed by atoms with E-state index in [0.29, 0.717) is 26.1 Å². The van der Waals surface area contributed by atoms with Crippen LogP contribution in [0.25, 0.3) is 0 Å². The van der Waals surface area contributed by atoms with Crippen molar-refractivity contribution in [2.45, 2.75) is 12.8 Å². The highest BCUT2D eigenvalue weighted by Crippen LogP contribution is 2.06. The minimum absolute atomic E-state index is 0.0463. The Balaban J connectivity index is 1.86. The van der Waals surface area contributed by atoms with Crippen LogP contribution in [0.15, 0.2) is 24.5 Å². The van der Waals surface area contributed by atoms with E-state index in [9.17, 15) is 9.59 Å². The van der Waals surface area contributed by atoms with E-state index in [4.69, 9.17) is 5.11 Å². The van der Waals surface area contributed by atoms with Gasteiger partial charge in [-0.05, 0) is 18.1 Å².